The number of alkyl halides is 3. The highest BCUT2D eigenvalue weighted by molar-refractivity contribution is 6.32. The zero-order valence-electron chi connectivity index (χ0n) is 14.9. The van der Waals surface area contributed by atoms with E-state index in [1.54, 1.807) is 6.92 Å². The molecule has 5 nitrogen and oxygen atoms in total. The molecule has 1 aliphatic rings. The number of aliphatic imine (C=N–C) groups is 1. The van der Waals surface area contributed by atoms with E-state index in [0.29, 0.717) is 12.3 Å². The summed E-state index contributed by atoms with van der Waals surface area (Å²) >= 11 is 5.81. The van der Waals surface area contributed by atoms with Crippen molar-refractivity contribution in [1.29, 1.82) is 0 Å². The Bertz CT molecular complexity index is 962. The molecule has 1 unspecified atom stereocenters. The molecule has 0 radical (unpaired) electrons. The minimum Gasteiger partial charge on any atom is -0.506 e. The van der Waals surface area contributed by atoms with Crippen LogP contribution in [0.5, 0.6) is 5.75 Å². The van der Waals surface area contributed by atoms with Crippen LogP contribution in [0, 0.1) is 11.7 Å². The van der Waals surface area contributed by atoms with Crippen LogP contribution in [0.25, 0.3) is 0 Å². The third-order valence-electron chi connectivity index (χ3n) is 4.15. The summed E-state index contributed by atoms with van der Waals surface area (Å²) in [6, 6.07) is 6.29. The number of aromatic hydroxyl groups is 1. The minimum absolute atomic E-state index is 0. The van der Waals surface area contributed by atoms with Gasteiger partial charge in [-0.25, -0.2) is 14.4 Å². The molecule has 156 valence electrons. The zero-order chi connectivity index (χ0) is 20.6. The van der Waals surface area contributed by atoms with Gasteiger partial charge in [0.2, 0.25) is 5.96 Å². The molecule has 0 bridgehead atoms. The molecule has 0 aromatic heterocycles. The second-order valence-electron chi connectivity index (χ2n) is 6.27. The van der Waals surface area contributed by atoms with E-state index in [-0.39, 0.29) is 46.3 Å². The van der Waals surface area contributed by atoms with Crippen LogP contribution in [0.2, 0.25) is 5.02 Å². The van der Waals surface area contributed by atoms with Gasteiger partial charge >= 0.3 is 6.18 Å². The van der Waals surface area contributed by atoms with Gasteiger partial charge in [0.25, 0.3) is 0 Å². The predicted octanol–water partition coefficient (Wildman–Crippen LogP) is 4.93. The van der Waals surface area contributed by atoms with Crippen molar-refractivity contribution in [2.75, 3.05) is 6.54 Å². The van der Waals surface area contributed by atoms with E-state index in [1.807, 2.05) is 0 Å². The monoisotopic (exact) mass is 450 g/mol. The van der Waals surface area contributed by atoms with Crippen LogP contribution in [0.4, 0.5) is 23.2 Å². The molecule has 2 aromatic rings. The number of halogens is 6. The lowest BCUT2D eigenvalue weighted by Gasteiger charge is -2.13. The van der Waals surface area contributed by atoms with Crippen molar-refractivity contribution in [1.82, 2.24) is 5.01 Å². The number of guanidine groups is 1. The molecular formula is C18H16Cl2F4N4O. The number of benzene rings is 2. The first-order chi connectivity index (χ1) is 13.1. The second kappa shape index (κ2) is 8.46. The lowest BCUT2D eigenvalue weighted by atomic mass is 9.98. The minimum atomic E-state index is -4.44. The number of hydrazone groups is 1. The van der Waals surface area contributed by atoms with Gasteiger partial charge in [0.15, 0.2) is 0 Å². The van der Waals surface area contributed by atoms with Crippen LogP contribution in [0.3, 0.4) is 0 Å². The van der Waals surface area contributed by atoms with Crippen molar-refractivity contribution >= 4 is 41.4 Å². The molecule has 0 saturated heterocycles. The maximum Gasteiger partial charge on any atom is 0.416 e. The maximum absolute atomic E-state index is 13.7. The van der Waals surface area contributed by atoms with Crippen molar-refractivity contribution in [2.45, 2.75) is 13.1 Å². The average molecular weight is 451 g/mol. The van der Waals surface area contributed by atoms with Crippen LogP contribution in [-0.2, 0) is 6.18 Å². The normalized spacial score (nSPS) is 17.2. The SMILES string of the molecule is CC1CN(C(N)=Nc2ccc(C(F)(F)F)cc2)N=C1c1cc(F)cc(Cl)c1O.Cl. The van der Waals surface area contributed by atoms with Crippen molar-refractivity contribution in [3.8, 4) is 5.75 Å². The fourth-order valence-electron chi connectivity index (χ4n) is 2.76. The molecule has 11 heteroatoms. The van der Waals surface area contributed by atoms with E-state index < -0.39 is 17.6 Å². The highest BCUT2D eigenvalue weighted by atomic mass is 35.5. The molecular weight excluding hydrogens is 435 g/mol. The molecule has 3 rings (SSSR count). The topological polar surface area (TPSA) is 74.2 Å². The van der Waals surface area contributed by atoms with Gasteiger partial charge in [-0.05, 0) is 36.4 Å². The van der Waals surface area contributed by atoms with Gasteiger partial charge in [-0.15, -0.1) is 12.4 Å². The van der Waals surface area contributed by atoms with E-state index in [2.05, 4.69) is 10.1 Å². The van der Waals surface area contributed by atoms with E-state index in [4.69, 9.17) is 17.3 Å². The number of nitrogens with zero attached hydrogens (tertiary/aromatic N) is 3. The summed E-state index contributed by atoms with van der Waals surface area (Å²) in [5.74, 6) is -1.21. The third kappa shape index (κ3) is 4.91. The Hall–Kier alpha value is -2.52. The quantitative estimate of drug-likeness (QED) is 0.387. The molecule has 0 fully saturated rings. The first-order valence-electron chi connectivity index (χ1n) is 8.12. The number of hydrogen-bond acceptors (Lipinski definition) is 3. The fraction of sp³-hybridized carbons (Fsp3) is 0.222. The zero-order valence-corrected chi connectivity index (χ0v) is 16.5. The average Bonchev–Trinajstić information content (AvgIpc) is 2.99. The first kappa shape index (κ1) is 22.8. The standard InChI is InChI=1S/C18H15ClF4N4O.ClH/c1-9-8-27(26-15(9)13-6-11(20)7-14(19)16(13)28)17(24)25-12-4-2-10(3-5-12)18(21,22)23;/h2-7,9,28H,8H2,1H3,(H2,24,25);1H. The molecule has 3 N–H and O–H groups in total. The first-order valence-corrected chi connectivity index (χ1v) is 8.50. The van der Waals surface area contributed by atoms with Crippen LogP contribution in [0.1, 0.15) is 18.1 Å². The fourth-order valence-corrected chi connectivity index (χ4v) is 2.96. The molecule has 1 heterocycles. The maximum atomic E-state index is 13.7. The van der Waals surface area contributed by atoms with Gasteiger partial charge in [0.1, 0.15) is 11.6 Å². The second-order valence-corrected chi connectivity index (χ2v) is 6.67. The van der Waals surface area contributed by atoms with E-state index in [9.17, 15) is 22.7 Å². The lowest BCUT2D eigenvalue weighted by Crippen LogP contribution is -2.32. The Balaban J connectivity index is 0.00000300. The summed E-state index contributed by atoms with van der Waals surface area (Å²) in [7, 11) is 0. The van der Waals surface area contributed by atoms with Crippen molar-refractivity contribution in [2.24, 2.45) is 21.7 Å². The lowest BCUT2D eigenvalue weighted by molar-refractivity contribution is -0.137. The van der Waals surface area contributed by atoms with Crippen molar-refractivity contribution < 1.29 is 22.7 Å². The summed E-state index contributed by atoms with van der Waals surface area (Å²) in [5, 5.41) is 15.6. The molecule has 2 aromatic carbocycles. The summed E-state index contributed by atoms with van der Waals surface area (Å²) < 4.78 is 51.5. The number of hydrogen-bond donors (Lipinski definition) is 2. The highest BCUT2D eigenvalue weighted by Gasteiger charge is 2.30. The van der Waals surface area contributed by atoms with Gasteiger partial charge < -0.3 is 10.8 Å². The van der Waals surface area contributed by atoms with Gasteiger partial charge in [-0.3, -0.25) is 0 Å². The molecule has 0 saturated carbocycles. The number of nitrogens with two attached hydrogens (primary N) is 1. The van der Waals surface area contributed by atoms with Crippen LogP contribution >= 0.6 is 24.0 Å². The van der Waals surface area contributed by atoms with E-state index in [1.165, 1.54) is 17.1 Å². The Kier molecular flexibility index (Phi) is 6.64. The van der Waals surface area contributed by atoms with E-state index >= 15 is 0 Å². The molecule has 0 spiro atoms. The Morgan fingerprint density at radius 2 is 1.90 bits per heavy atom. The van der Waals surface area contributed by atoms with Gasteiger partial charge in [-0.1, -0.05) is 18.5 Å². The van der Waals surface area contributed by atoms with E-state index in [0.717, 1.165) is 24.3 Å². The van der Waals surface area contributed by atoms with Crippen molar-refractivity contribution in [3.05, 3.63) is 58.4 Å². The Morgan fingerprint density at radius 1 is 1.28 bits per heavy atom. The summed E-state index contributed by atoms with van der Waals surface area (Å²) in [6.07, 6.45) is -4.44. The summed E-state index contributed by atoms with van der Waals surface area (Å²) in [4.78, 5) is 4.07. The predicted molar refractivity (Wildman–Crippen MR) is 105 cm³/mol. The molecule has 0 aliphatic carbocycles. The Labute approximate surface area is 174 Å². The van der Waals surface area contributed by atoms with Crippen molar-refractivity contribution in [3.63, 3.8) is 0 Å². The van der Waals surface area contributed by atoms with Gasteiger partial charge in [0.05, 0.1) is 28.5 Å². The summed E-state index contributed by atoms with van der Waals surface area (Å²) in [5.41, 5.74) is 5.85. The third-order valence-corrected chi connectivity index (χ3v) is 4.44. The Morgan fingerprint density at radius 3 is 2.48 bits per heavy atom. The number of phenols is 1. The number of rotatable bonds is 2. The molecule has 29 heavy (non-hydrogen) atoms. The largest absolute Gasteiger partial charge is 0.506 e. The molecule has 1 atom stereocenters. The van der Waals surface area contributed by atoms with Crippen LogP contribution in [-0.4, -0.2) is 28.3 Å². The smallest absolute Gasteiger partial charge is 0.416 e. The van der Waals surface area contributed by atoms with Gasteiger partial charge in [0, 0.05) is 11.5 Å². The van der Waals surface area contributed by atoms with Crippen LogP contribution in [0.15, 0.2) is 46.5 Å². The van der Waals surface area contributed by atoms with Gasteiger partial charge in [-0.2, -0.15) is 18.3 Å². The molecule has 1 aliphatic heterocycles. The van der Waals surface area contributed by atoms with Crippen LogP contribution < -0.4 is 5.73 Å². The molecule has 0 amide bonds. The number of phenolic OH excluding ortho intramolecular Hbond substituents is 1. The highest BCUT2D eigenvalue weighted by Crippen LogP contribution is 2.33. The summed E-state index contributed by atoms with van der Waals surface area (Å²) in [6.45, 7) is 2.08.